The molecule has 2 nitrogen and oxygen atoms in total. The van der Waals surface area contributed by atoms with E-state index in [1.54, 1.807) is 12.5 Å². The lowest BCUT2D eigenvalue weighted by molar-refractivity contribution is 0.438. The monoisotopic (exact) mass is 312 g/mol. The van der Waals surface area contributed by atoms with Crippen molar-refractivity contribution in [3.63, 3.8) is 0 Å². The first-order valence-corrected chi connectivity index (χ1v) is 7.63. The van der Waals surface area contributed by atoms with E-state index < -0.39 is 0 Å². The van der Waals surface area contributed by atoms with Crippen LogP contribution in [0.15, 0.2) is 67.3 Å². The maximum absolute atomic E-state index is 13.1. The minimum absolute atomic E-state index is 0.224. The first kappa shape index (κ1) is 15.4. The predicted molar refractivity (Wildman–Crippen MR) is 85.9 cm³/mol. The molecule has 0 spiro atoms. The average Bonchev–Trinajstić information content (AvgIpc) is 3.05. The molecular formula is C19H18F2N2. The van der Waals surface area contributed by atoms with E-state index in [-0.39, 0.29) is 11.6 Å². The summed E-state index contributed by atoms with van der Waals surface area (Å²) in [6.07, 6.45) is 7.14. The van der Waals surface area contributed by atoms with Crippen molar-refractivity contribution in [3.8, 4) is 0 Å². The van der Waals surface area contributed by atoms with Gasteiger partial charge < -0.3 is 4.57 Å². The van der Waals surface area contributed by atoms with Gasteiger partial charge in [-0.3, -0.25) is 0 Å². The fourth-order valence-corrected chi connectivity index (χ4v) is 2.80. The molecule has 0 unspecified atom stereocenters. The lowest BCUT2D eigenvalue weighted by Gasteiger charge is -2.18. The summed E-state index contributed by atoms with van der Waals surface area (Å²) in [6, 6.07) is 13.2. The van der Waals surface area contributed by atoms with Crippen LogP contribution < -0.4 is 0 Å². The number of nitrogens with zero attached hydrogens (tertiary/aromatic N) is 2. The van der Waals surface area contributed by atoms with Crippen LogP contribution in [0.1, 0.15) is 11.1 Å². The van der Waals surface area contributed by atoms with Crippen LogP contribution in [0.3, 0.4) is 0 Å². The summed E-state index contributed by atoms with van der Waals surface area (Å²) in [5.41, 5.74) is 2.19. The molecule has 3 aromatic rings. The zero-order chi connectivity index (χ0) is 16.1. The van der Waals surface area contributed by atoms with E-state index >= 15 is 0 Å². The lowest BCUT2D eigenvalue weighted by atomic mass is 9.92. The van der Waals surface area contributed by atoms with Gasteiger partial charge in [-0.1, -0.05) is 24.3 Å². The molecule has 2 aromatic carbocycles. The molecule has 1 aromatic heterocycles. The topological polar surface area (TPSA) is 17.8 Å². The second kappa shape index (κ2) is 7.18. The molecule has 0 atom stereocenters. The third-order valence-corrected chi connectivity index (χ3v) is 3.90. The van der Waals surface area contributed by atoms with E-state index in [0.717, 1.165) is 30.5 Å². The molecule has 1 heterocycles. The predicted octanol–water partition coefficient (Wildman–Crippen LogP) is 4.26. The fraction of sp³-hybridized carbons (Fsp3) is 0.211. The van der Waals surface area contributed by atoms with Gasteiger partial charge in [0.05, 0.1) is 6.33 Å². The van der Waals surface area contributed by atoms with E-state index in [9.17, 15) is 8.78 Å². The van der Waals surface area contributed by atoms with E-state index in [0.29, 0.717) is 5.92 Å². The largest absolute Gasteiger partial charge is 0.337 e. The Kier molecular flexibility index (Phi) is 4.81. The molecule has 0 aliphatic heterocycles. The molecule has 0 saturated heterocycles. The third kappa shape index (κ3) is 4.49. The normalized spacial score (nSPS) is 11.1. The minimum Gasteiger partial charge on any atom is -0.337 e. The molecule has 0 bridgehead atoms. The van der Waals surface area contributed by atoms with Gasteiger partial charge in [-0.05, 0) is 54.2 Å². The number of aromatic nitrogens is 2. The van der Waals surface area contributed by atoms with Crippen molar-refractivity contribution in [1.29, 1.82) is 0 Å². The first-order valence-electron chi connectivity index (χ1n) is 7.63. The van der Waals surface area contributed by atoms with E-state index in [1.165, 1.54) is 24.3 Å². The summed E-state index contributed by atoms with van der Waals surface area (Å²) >= 11 is 0. The highest BCUT2D eigenvalue weighted by Gasteiger charge is 2.12. The standard InChI is InChI=1S/C19H18F2N2/c20-18-5-1-15(2-6-18)11-17(13-23-10-9-22-14-23)12-16-3-7-19(21)8-4-16/h1-10,14,17H,11-13H2. The molecule has 3 rings (SSSR count). The average molecular weight is 312 g/mol. The Morgan fingerprint density at radius 3 is 1.78 bits per heavy atom. The summed E-state index contributed by atoms with van der Waals surface area (Å²) in [6.45, 7) is 0.814. The molecule has 4 heteroatoms. The van der Waals surface area contributed by atoms with Crippen molar-refractivity contribution in [2.45, 2.75) is 19.4 Å². The third-order valence-electron chi connectivity index (χ3n) is 3.90. The Hall–Kier alpha value is -2.49. The number of hydrogen-bond donors (Lipinski definition) is 0. The summed E-state index contributed by atoms with van der Waals surface area (Å²) in [5.74, 6) is -0.128. The first-order chi connectivity index (χ1) is 11.2. The molecule has 0 N–H and O–H groups in total. The molecule has 0 saturated carbocycles. The summed E-state index contributed by atoms with van der Waals surface area (Å²) in [7, 11) is 0. The SMILES string of the molecule is Fc1ccc(CC(Cc2ccc(F)cc2)Cn2ccnc2)cc1. The fourth-order valence-electron chi connectivity index (χ4n) is 2.80. The molecule has 23 heavy (non-hydrogen) atoms. The second-order valence-electron chi connectivity index (χ2n) is 5.79. The van der Waals surface area contributed by atoms with Crippen molar-refractivity contribution in [2.75, 3.05) is 0 Å². The van der Waals surface area contributed by atoms with Crippen LogP contribution >= 0.6 is 0 Å². The van der Waals surface area contributed by atoms with Crippen molar-refractivity contribution >= 4 is 0 Å². The molecule has 0 fully saturated rings. The zero-order valence-electron chi connectivity index (χ0n) is 12.7. The summed E-state index contributed by atoms with van der Waals surface area (Å²) < 4.78 is 28.2. The van der Waals surface area contributed by atoms with Crippen molar-refractivity contribution in [3.05, 3.63) is 90.0 Å². The highest BCUT2D eigenvalue weighted by Crippen LogP contribution is 2.18. The quantitative estimate of drug-likeness (QED) is 0.665. The van der Waals surface area contributed by atoms with E-state index in [4.69, 9.17) is 0 Å². The molecule has 0 radical (unpaired) electrons. The summed E-state index contributed by atoms with van der Waals surface area (Å²) in [5, 5.41) is 0. The van der Waals surface area contributed by atoms with Crippen molar-refractivity contribution in [1.82, 2.24) is 9.55 Å². The number of hydrogen-bond acceptors (Lipinski definition) is 1. The van der Waals surface area contributed by atoms with Gasteiger partial charge >= 0.3 is 0 Å². The number of rotatable bonds is 6. The van der Waals surface area contributed by atoms with Gasteiger partial charge in [-0.15, -0.1) is 0 Å². The van der Waals surface area contributed by atoms with Gasteiger partial charge in [0.15, 0.2) is 0 Å². The Labute approximate surface area is 134 Å². The van der Waals surface area contributed by atoms with Gasteiger partial charge in [0, 0.05) is 18.9 Å². The highest BCUT2D eigenvalue weighted by molar-refractivity contribution is 5.19. The van der Waals surface area contributed by atoms with Crippen LogP contribution in [-0.4, -0.2) is 9.55 Å². The molecule has 0 aliphatic carbocycles. The lowest BCUT2D eigenvalue weighted by Crippen LogP contribution is -2.15. The van der Waals surface area contributed by atoms with Crippen LogP contribution in [0.2, 0.25) is 0 Å². The van der Waals surface area contributed by atoms with Crippen molar-refractivity contribution < 1.29 is 8.78 Å². The number of benzene rings is 2. The maximum Gasteiger partial charge on any atom is 0.123 e. The van der Waals surface area contributed by atoms with E-state index in [1.807, 2.05) is 35.0 Å². The van der Waals surface area contributed by atoms with Crippen LogP contribution in [0, 0.1) is 17.6 Å². The smallest absolute Gasteiger partial charge is 0.123 e. The Morgan fingerprint density at radius 2 is 1.35 bits per heavy atom. The maximum atomic E-state index is 13.1. The van der Waals surface area contributed by atoms with Crippen LogP contribution in [0.25, 0.3) is 0 Å². The second-order valence-corrected chi connectivity index (χ2v) is 5.79. The zero-order valence-corrected chi connectivity index (χ0v) is 12.7. The number of imidazole rings is 1. The van der Waals surface area contributed by atoms with Crippen LogP contribution in [0.4, 0.5) is 8.78 Å². The van der Waals surface area contributed by atoms with Crippen molar-refractivity contribution in [2.24, 2.45) is 5.92 Å². The Morgan fingerprint density at radius 1 is 0.826 bits per heavy atom. The molecular weight excluding hydrogens is 294 g/mol. The van der Waals surface area contributed by atoms with Gasteiger partial charge in [0.1, 0.15) is 11.6 Å². The molecule has 118 valence electrons. The summed E-state index contributed by atoms with van der Waals surface area (Å²) in [4.78, 5) is 4.08. The van der Waals surface area contributed by atoms with Gasteiger partial charge in [-0.25, -0.2) is 13.8 Å². The number of halogens is 2. The van der Waals surface area contributed by atoms with Gasteiger partial charge in [-0.2, -0.15) is 0 Å². The Bertz CT molecular complexity index is 672. The van der Waals surface area contributed by atoms with Crippen LogP contribution in [-0.2, 0) is 19.4 Å². The molecule has 0 amide bonds. The minimum atomic E-state index is -0.224. The molecule has 0 aliphatic rings. The highest BCUT2D eigenvalue weighted by atomic mass is 19.1. The Balaban J connectivity index is 1.75. The van der Waals surface area contributed by atoms with Gasteiger partial charge in [0.25, 0.3) is 0 Å². The van der Waals surface area contributed by atoms with Gasteiger partial charge in [0.2, 0.25) is 0 Å². The van der Waals surface area contributed by atoms with E-state index in [2.05, 4.69) is 4.98 Å². The van der Waals surface area contributed by atoms with Crippen LogP contribution in [0.5, 0.6) is 0 Å².